The largest absolute Gasteiger partial charge is 0.496 e. The summed E-state index contributed by atoms with van der Waals surface area (Å²) in [5.74, 6) is 1.94. The molecule has 0 radical (unpaired) electrons. The van der Waals surface area contributed by atoms with Crippen LogP contribution in [0.5, 0.6) is 17.2 Å². The Labute approximate surface area is 89.4 Å². The van der Waals surface area contributed by atoms with Crippen LogP contribution in [0.1, 0.15) is 6.92 Å². The summed E-state index contributed by atoms with van der Waals surface area (Å²) in [5, 5.41) is 8.86. The van der Waals surface area contributed by atoms with Crippen molar-refractivity contribution in [2.24, 2.45) is 0 Å². The summed E-state index contributed by atoms with van der Waals surface area (Å²) in [6, 6.07) is 5.25. The molecule has 0 amide bonds. The Kier molecular flexibility index (Phi) is 4.24. The monoisotopic (exact) mass is 212 g/mol. The molecule has 0 bridgehead atoms. The topological polar surface area (TPSA) is 47.9 Å². The first-order valence-electron chi connectivity index (χ1n) is 4.70. The highest BCUT2D eigenvalue weighted by Crippen LogP contribution is 2.27. The molecule has 1 aromatic rings. The molecule has 4 nitrogen and oxygen atoms in total. The van der Waals surface area contributed by atoms with Crippen molar-refractivity contribution in [1.29, 1.82) is 0 Å². The van der Waals surface area contributed by atoms with Crippen molar-refractivity contribution in [1.82, 2.24) is 0 Å². The smallest absolute Gasteiger partial charge is 0.127 e. The maximum Gasteiger partial charge on any atom is 0.127 e. The maximum atomic E-state index is 8.86. The standard InChI is InChI=1S/C11H16O4/c1-8(7-12)15-11-5-9(13-2)4-10(6-11)14-3/h4-6,8,12H,7H2,1-3H3. The number of hydrogen-bond donors (Lipinski definition) is 1. The van der Waals surface area contributed by atoms with Gasteiger partial charge in [0.15, 0.2) is 0 Å². The number of aliphatic hydroxyl groups excluding tert-OH is 1. The Morgan fingerprint density at radius 2 is 1.53 bits per heavy atom. The second kappa shape index (κ2) is 5.46. The Balaban J connectivity index is 2.86. The molecule has 0 aliphatic carbocycles. The van der Waals surface area contributed by atoms with E-state index in [1.54, 1.807) is 39.3 Å². The zero-order valence-electron chi connectivity index (χ0n) is 9.19. The van der Waals surface area contributed by atoms with Gasteiger partial charge in [0, 0.05) is 18.2 Å². The summed E-state index contributed by atoms with van der Waals surface area (Å²) in [7, 11) is 3.15. The van der Waals surface area contributed by atoms with Crippen molar-refractivity contribution < 1.29 is 19.3 Å². The van der Waals surface area contributed by atoms with E-state index in [0.717, 1.165) is 0 Å². The average molecular weight is 212 g/mol. The SMILES string of the molecule is COc1cc(OC)cc(OC(C)CO)c1. The van der Waals surface area contributed by atoms with Crippen LogP contribution in [0.4, 0.5) is 0 Å². The number of ether oxygens (including phenoxy) is 3. The zero-order valence-corrected chi connectivity index (χ0v) is 9.19. The van der Waals surface area contributed by atoms with Crippen LogP contribution in [-0.4, -0.2) is 32.0 Å². The molecule has 0 aliphatic rings. The highest BCUT2D eigenvalue weighted by Gasteiger charge is 2.06. The number of aliphatic hydroxyl groups is 1. The van der Waals surface area contributed by atoms with Gasteiger partial charge in [-0.2, -0.15) is 0 Å². The van der Waals surface area contributed by atoms with Gasteiger partial charge in [0.25, 0.3) is 0 Å². The lowest BCUT2D eigenvalue weighted by Gasteiger charge is -2.13. The molecule has 0 aromatic heterocycles. The van der Waals surface area contributed by atoms with E-state index in [1.165, 1.54) is 0 Å². The lowest BCUT2D eigenvalue weighted by atomic mass is 10.3. The fourth-order valence-electron chi connectivity index (χ4n) is 1.12. The molecule has 0 spiro atoms. The summed E-state index contributed by atoms with van der Waals surface area (Å²) in [6.45, 7) is 1.76. The Morgan fingerprint density at radius 1 is 1.07 bits per heavy atom. The van der Waals surface area contributed by atoms with Crippen LogP contribution in [0, 0.1) is 0 Å². The molecule has 0 aliphatic heterocycles. The second-order valence-electron chi connectivity index (χ2n) is 3.16. The molecule has 1 rings (SSSR count). The van der Waals surface area contributed by atoms with E-state index in [9.17, 15) is 0 Å². The second-order valence-corrected chi connectivity index (χ2v) is 3.16. The molecule has 1 N–H and O–H groups in total. The minimum absolute atomic E-state index is 0.0282. The molecule has 0 fully saturated rings. The van der Waals surface area contributed by atoms with Crippen LogP contribution in [-0.2, 0) is 0 Å². The Morgan fingerprint density at radius 3 is 1.93 bits per heavy atom. The molecule has 0 saturated carbocycles. The third kappa shape index (κ3) is 3.32. The quantitative estimate of drug-likeness (QED) is 0.802. The van der Waals surface area contributed by atoms with Crippen LogP contribution >= 0.6 is 0 Å². The Bertz CT molecular complexity index is 289. The third-order valence-electron chi connectivity index (χ3n) is 1.92. The first kappa shape index (κ1) is 11.7. The highest BCUT2D eigenvalue weighted by molar-refractivity contribution is 5.42. The van der Waals surface area contributed by atoms with Crippen molar-refractivity contribution in [3.05, 3.63) is 18.2 Å². The predicted octanol–water partition coefficient (Wildman–Crippen LogP) is 1.46. The molecule has 0 saturated heterocycles. The third-order valence-corrected chi connectivity index (χ3v) is 1.92. The van der Waals surface area contributed by atoms with E-state index in [1.807, 2.05) is 0 Å². The van der Waals surface area contributed by atoms with E-state index < -0.39 is 0 Å². The van der Waals surface area contributed by atoms with Gasteiger partial charge in [0.2, 0.25) is 0 Å². The highest BCUT2D eigenvalue weighted by atomic mass is 16.5. The zero-order chi connectivity index (χ0) is 11.3. The fourth-order valence-corrected chi connectivity index (χ4v) is 1.12. The lowest BCUT2D eigenvalue weighted by Crippen LogP contribution is -2.16. The van der Waals surface area contributed by atoms with Crippen LogP contribution in [0.15, 0.2) is 18.2 Å². The summed E-state index contributed by atoms with van der Waals surface area (Å²) in [6.07, 6.45) is -0.248. The molecule has 15 heavy (non-hydrogen) atoms. The average Bonchev–Trinajstić information content (AvgIpc) is 2.28. The van der Waals surface area contributed by atoms with Gasteiger partial charge < -0.3 is 19.3 Å². The molecule has 1 aromatic carbocycles. The summed E-state index contributed by atoms with van der Waals surface area (Å²) in [5.41, 5.74) is 0. The van der Waals surface area contributed by atoms with Crippen LogP contribution in [0.25, 0.3) is 0 Å². The van der Waals surface area contributed by atoms with Crippen LogP contribution < -0.4 is 14.2 Å². The van der Waals surface area contributed by atoms with Crippen molar-refractivity contribution in [3.63, 3.8) is 0 Å². The minimum Gasteiger partial charge on any atom is -0.496 e. The fraction of sp³-hybridized carbons (Fsp3) is 0.455. The van der Waals surface area contributed by atoms with Gasteiger partial charge in [-0.05, 0) is 6.92 Å². The molecular weight excluding hydrogens is 196 g/mol. The number of rotatable bonds is 5. The van der Waals surface area contributed by atoms with Gasteiger partial charge in [-0.25, -0.2) is 0 Å². The van der Waals surface area contributed by atoms with Gasteiger partial charge in [-0.1, -0.05) is 0 Å². The summed E-state index contributed by atoms with van der Waals surface area (Å²) in [4.78, 5) is 0. The molecule has 4 heteroatoms. The molecular formula is C11H16O4. The molecule has 1 unspecified atom stereocenters. The lowest BCUT2D eigenvalue weighted by molar-refractivity contribution is 0.129. The van der Waals surface area contributed by atoms with Gasteiger partial charge >= 0.3 is 0 Å². The Hall–Kier alpha value is -1.42. The van der Waals surface area contributed by atoms with Crippen molar-refractivity contribution >= 4 is 0 Å². The van der Waals surface area contributed by atoms with Crippen LogP contribution in [0.3, 0.4) is 0 Å². The van der Waals surface area contributed by atoms with Crippen molar-refractivity contribution in [2.75, 3.05) is 20.8 Å². The summed E-state index contributed by atoms with van der Waals surface area (Å²) >= 11 is 0. The van der Waals surface area contributed by atoms with Gasteiger partial charge in [-0.15, -0.1) is 0 Å². The summed E-state index contributed by atoms with van der Waals surface area (Å²) < 4.78 is 15.6. The molecule has 1 atom stereocenters. The van der Waals surface area contributed by atoms with E-state index >= 15 is 0 Å². The maximum absolute atomic E-state index is 8.86. The molecule has 0 heterocycles. The predicted molar refractivity (Wildman–Crippen MR) is 56.7 cm³/mol. The normalized spacial score (nSPS) is 12.0. The van der Waals surface area contributed by atoms with Crippen LogP contribution in [0.2, 0.25) is 0 Å². The number of methoxy groups -OCH3 is 2. The van der Waals surface area contributed by atoms with E-state index in [4.69, 9.17) is 19.3 Å². The minimum atomic E-state index is -0.248. The van der Waals surface area contributed by atoms with Crippen molar-refractivity contribution in [3.8, 4) is 17.2 Å². The van der Waals surface area contributed by atoms with Crippen molar-refractivity contribution in [2.45, 2.75) is 13.0 Å². The molecule has 84 valence electrons. The number of hydrogen-bond acceptors (Lipinski definition) is 4. The van der Waals surface area contributed by atoms with E-state index in [2.05, 4.69) is 0 Å². The van der Waals surface area contributed by atoms with E-state index in [0.29, 0.717) is 17.2 Å². The number of benzene rings is 1. The first-order chi connectivity index (χ1) is 7.19. The first-order valence-corrected chi connectivity index (χ1v) is 4.70. The van der Waals surface area contributed by atoms with Gasteiger partial charge in [-0.3, -0.25) is 0 Å². The van der Waals surface area contributed by atoms with Gasteiger partial charge in [0.1, 0.15) is 23.4 Å². The van der Waals surface area contributed by atoms with Gasteiger partial charge in [0.05, 0.1) is 20.8 Å². The van der Waals surface area contributed by atoms with E-state index in [-0.39, 0.29) is 12.7 Å².